The first-order valence-electron chi connectivity index (χ1n) is 9.52. The Bertz CT molecular complexity index is 1040. The summed E-state index contributed by atoms with van der Waals surface area (Å²) in [5.74, 6) is -0.681. The van der Waals surface area contributed by atoms with E-state index in [1.165, 1.54) is 6.07 Å². The molecule has 1 amide bonds. The lowest BCUT2D eigenvalue weighted by Crippen LogP contribution is -2.45. The number of fused-ring (bicyclic) bond motifs is 1. The molecular formula is C21H22ClFN4O2. The van der Waals surface area contributed by atoms with Crippen LogP contribution >= 0.6 is 11.6 Å². The standard InChI is InChI=1S/C21H22ClFN4O2/c1-13-11-26(12-14(2)29-13)17-7-6-15(9-16(17)23)10-24-21(28)19-20(22)25-18-5-3-4-8-27(18)19/h3-9,13-14H,10-12H2,1-2H3,(H,24,28)/t13-,14-/m0/s1. The monoisotopic (exact) mass is 416 g/mol. The normalized spacial score (nSPS) is 19.5. The Hall–Kier alpha value is -2.64. The van der Waals surface area contributed by atoms with Crippen molar-refractivity contribution in [2.24, 2.45) is 0 Å². The quantitative estimate of drug-likeness (QED) is 0.705. The van der Waals surface area contributed by atoms with Crippen molar-refractivity contribution in [2.75, 3.05) is 18.0 Å². The number of nitrogens with one attached hydrogen (secondary N) is 1. The van der Waals surface area contributed by atoms with Gasteiger partial charge in [-0.25, -0.2) is 9.37 Å². The molecule has 8 heteroatoms. The van der Waals surface area contributed by atoms with Gasteiger partial charge < -0.3 is 15.0 Å². The van der Waals surface area contributed by atoms with Crippen molar-refractivity contribution < 1.29 is 13.9 Å². The maximum Gasteiger partial charge on any atom is 0.271 e. The van der Waals surface area contributed by atoms with Crippen LogP contribution in [0.1, 0.15) is 29.9 Å². The summed E-state index contributed by atoms with van der Waals surface area (Å²) in [4.78, 5) is 18.8. The predicted octanol–water partition coefficient (Wildman–Crippen LogP) is 3.67. The molecule has 0 bridgehead atoms. The zero-order valence-electron chi connectivity index (χ0n) is 16.2. The number of carbonyl (C=O) groups is 1. The number of aromatic nitrogens is 2. The topological polar surface area (TPSA) is 58.9 Å². The van der Waals surface area contributed by atoms with Crippen LogP contribution in [0.25, 0.3) is 5.65 Å². The number of hydrogen-bond donors (Lipinski definition) is 1. The zero-order chi connectivity index (χ0) is 20.5. The summed E-state index contributed by atoms with van der Waals surface area (Å²) < 4.78 is 22.1. The number of hydrogen-bond acceptors (Lipinski definition) is 4. The highest BCUT2D eigenvalue weighted by atomic mass is 35.5. The molecule has 0 saturated carbocycles. The highest BCUT2D eigenvalue weighted by molar-refractivity contribution is 6.32. The van der Waals surface area contributed by atoms with E-state index in [-0.39, 0.29) is 41.3 Å². The van der Waals surface area contributed by atoms with Crippen LogP contribution in [-0.2, 0) is 11.3 Å². The number of benzene rings is 1. The molecule has 6 nitrogen and oxygen atoms in total. The van der Waals surface area contributed by atoms with E-state index in [1.54, 1.807) is 28.8 Å². The zero-order valence-corrected chi connectivity index (χ0v) is 17.0. The van der Waals surface area contributed by atoms with Gasteiger partial charge in [0.15, 0.2) is 10.8 Å². The molecular weight excluding hydrogens is 395 g/mol. The Kier molecular flexibility index (Phi) is 5.43. The van der Waals surface area contributed by atoms with E-state index in [2.05, 4.69) is 10.3 Å². The number of morpholine rings is 1. The first-order valence-corrected chi connectivity index (χ1v) is 9.90. The number of pyridine rings is 1. The van der Waals surface area contributed by atoms with Gasteiger partial charge in [0.1, 0.15) is 11.5 Å². The van der Waals surface area contributed by atoms with E-state index < -0.39 is 0 Å². The van der Waals surface area contributed by atoms with E-state index in [9.17, 15) is 9.18 Å². The Balaban J connectivity index is 1.47. The summed E-state index contributed by atoms with van der Waals surface area (Å²) in [6, 6.07) is 10.4. The third kappa shape index (κ3) is 4.06. The van der Waals surface area contributed by atoms with Gasteiger partial charge in [-0.15, -0.1) is 0 Å². The number of amides is 1. The highest BCUT2D eigenvalue weighted by Gasteiger charge is 2.24. The Morgan fingerprint density at radius 1 is 1.28 bits per heavy atom. The Morgan fingerprint density at radius 2 is 2.03 bits per heavy atom. The van der Waals surface area contributed by atoms with Crippen molar-refractivity contribution in [3.63, 3.8) is 0 Å². The van der Waals surface area contributed by atoms with Crippen LogP contribution in [0.3, 0.4) is 0 Å². The molecule has 1 aliphatic heterocycles. The fraction of sp³-hybridized carbons (Fsp3) is 0.333. The van der Waals surface area contributed by atoms with Crippen LogP contribution < -0.4 is 10.2 Å². The second kappa shape index (κ2) is 8.00. The molecule has 0 aliphatic carbocycles. The average Bonchev–Trinajstić information content (AvgIpc) is 3.01. The molecule has 3 heterocycles. The molecule has 1 aliphatic rings. The van der Waals surface area contributed by atoms with Gasteiger partial charge in [0.05, 0.1) is 17.9 Å². The van der Waals surface area contributed by atoms with Crippen LogP contribution in [0.15, 0.2) is 42.6 Å². The summed E-state index contributed by atoms with van der Waals surface area (Å²) in [5, 5.41) is 2.92. The molecule has 0 spiro atoms. The third-order valence-corrected chi connectivity index (χ3v) is 5.19. The van der Waals surface area contributed by atoms with Gasteiger partial charge in [0, 0.05) is 25.8 Å². The van der Waals surface area contributed by atoms with Gasteiger partial charge in [-0.3, -0.25) is 9.20 Å². The first-order chi connectivity index (χ1) is 13.9. The SMILES string of the molecule is C[C@H]1CN(c2ccc(CNC(=O)c3c(Cl)nc4ccccn34)cc2F)C[C@H](C)O1. The molecule has 1 saturated heterocycles. The number of rotatable bonds is 4. The van der Waals surface area contributed by atoms with Gasteiger partial charge in [-0.2, -0.15) is 0 Å². The summed E-state index contributed by atoms with van der Waals surface area (Å²) >= 11 is 6.13. The molecule has 2 atom stereocenters. The van der Waals surface area contributed by atoms with Gasteiger partial charge in [-0.05, 0) is 43.7 Å². The summed E-state index contributed by atoms with van der Waals surface area (Å²) in [6.45, 7) is 5.43. The fourth-order valence-corrected chi connectivity index (χ4v) is 3.99. The minimum Gasteiger partial charge on any atom is -0.372 e. The molecule has 0 radical (unpaired) electrons. The molecule has 2 aromatic heterocycles. The number of imidazole rings is 1. The second-order valence-corrected chi connectivity index (χ2v) is 7.67. The van der Waals surface area contributed by atoms with Gasteiger partial charge >= 0.3 is 0 Å². The fourth-order valence-electron chi connectivity index (χ4n) is 3.73. The summed E-state index contributed by atoms with van der Waals surface area (Å²) in [6.07, 6.45) is 1.82. The Labute approximate surface area is 173 Å². The second-order valence-electron chi connectivity index (χ2n) is 7.31. The molecule has 152 valence electrons. The maximum absolute atomic E-state index is 14.7. The molecule has 29 heavy (non-hydrogen) atoms. The molecule has 0 unspecified atom stereocenters. The minimum absolute atomic E-state index is 0.0485. The largest absolute Gasteiger partial charge is 0.372 e. The number of carbonyl (C=O) groups excluding carboxylic acids is 1. The molecule has 4 rings (SSSR count). The van der Waals surface area contributed by atoms with Crippen LogP contribution in [0, 0.1) is 5.82 Å². The predicted molar refractivity (Wildman–Crippen MR) is 110 cm³/mol. The van der Waals surface area contributed by atoms with Crippen molar-refractivity contribution in [2.45, 2.75) is 32.6 Å². The minimum atomic E-state index is -0.367. The summed E-state index contributed by atoms with van der Waals surface area (Å²) in [7, 11) is 0. The lowest BCUT2D eigenvalue weighted by Gasteiger charge is -2.37. The van der Waals surface area contributed by atoms with Crippen molar-refractivity contribution in [1.82, 2.24) is 14.7 Å². The lowest BCUT2D eigenvalue weighted by atomic mass is 10.1. The highest BCUT2D eigenvalue weighted by Crippen LogP contribution is 2.25. The van der Waals surface area contributed by atoms with E-state index in [1.807, 2.05) is 30.9 Å². The number of halogens is 2. The number of ether oxygens (including phenoxy) is 1. The molecule has 3 aromatic rings. The van der Waals surface area contributed by atoms with Crippen molar-refractivity contribution in [3.05, 3.63) is 64.8 Å². The number of anilines is 1. The van der Waals surface area contributed by atoms with Crippen LogP contribution in [0.5, 0.6) is 0 Å². The van der Waals surface area contributed by atoms with Crippen molar-refractivity contribution in [3.8, 4) is 0 Å². The maximum atomic E-state index is 14.7. The van der Waals surface area contributed by atoms with E-state index >= 15 is 0 Å². The van der Waals surface area contributed by atoms with Crippen LogP contribution in [0.2, 0.25) is 5.15 Å². The molecule has 1 fully saturated rings. The van der Waals surface area contributed by atoms with Gasteiger partial charge in [0.2, 0.25) is 0 Å². The van der Waals surface area contributed by atoms with E-state index in [0.29, 0.717) is 30.0 Å². The molecule has 1 aromatic carbocycles. The van der Waals surface area contributed by atoms with E-state index in [4.69, 9.17) is 16.3 Å². The smallest absolute Gasteiger partial charge is 0.271 e. The van der Waals surface area contributed by atoms with Crippen molar-refractivity contribution in [1.29, 1.82) is 0 Å². The van der Waals surface area contributed by atoms with Crippen LogP contribution in [-0.4, -0.2) is 40.6 Å². The average molecular weight is 417 g/mol. The van der Waals surface area contributed by atoms with Gasteiger partial charge in [0.25, 0.3) is 5.91 Å². The Morgan fingerprint density at radius 3 is 2.76 bits per heavy atom. The van der Waals surface area contributed by atoms with Gasteiger partial charge in [-0.1, -0.05) is 23.7 Å². The third-order valence-electron chi connectivity index (χ3n) is 4.93. The lowest BCUT2D eigenvalue weighted by molar-refractivity contribution is -0.00539. The van der Waals surface area contributed by atoms with Crippen LogP contribution in [0.4, 0.5) is 10.1 Å². The summed E-state index contributed by atoms with van der Waals surface area (Å²) in [5.41, 5.74) is 2.06. The number of nitrogens with zero attached hydrogens (tertiary/aromatic N) is 3. The van der Waals surface area contributed by atoms with Crippen molar-refractivity contribution >= 4 is 28.8 Å². The first kappa shape index (κ1) is 19.7. The van der Waals surface area contributed by atoms with E-state index in [0.717, 1.165) is 0 Å². The molecule has 1 N–H and O–H groups in total.